The van der Waals surface area contributed by atoms with Gasteiger partial charge in [-0.1, -0.05) is 24.3 Å². The van der Waals surface area contributed by atoms with E-state index in [0.717, 1.165) is 5.56 Å². The molecular formula is C19H17N3O5. The molecule has 0 aliphatic carbocycles. The molecule has 3 aliphatic heterocycles. The van der Waals surface area contributed by atoms with Gasteiger partial charge in [-0.2, -0.15) is 0 Å². The SMILES string of the molecule is C[C@@H]1N[C@]2(C(=O)Nc3ccccc32)[C@@H]([N+](=O)[O-])[C@@H]1c1ccc2c(c1)OCO2. The summed E-state index contributed by atoms with van der Waals surface area (Å²) in [6, 6.07) is 11.0. The number of para-hydroxylation sites is 1. The number of nitro groups is 1. The smallest absolute Gasteiger partial charge is 0.256 e. The minimum absolute atomic E-state index is 0.135. The Bertz CT molecular complexity index is 978. The van der Waals surface area contributed by atoms with Crippen LogP contribution < -0.4 is 20.1 Å². The van der Waals surface area contributed by atoms with Crippen LogP contribution in [0.4, 0.5) is 5.69 Å². The van der Waals surface area contributed by atoms with E-state index in [0.29, 0.717) is 22.7 Å². The average molecular weight is 367 g/mol. The Hall–Kier alpha value is -3.13. The number of amides is 1. The van der Waals surface area contributed by atoms with Crippen LogP contribution in [-0.2, 0) is 10.3 Å². The molecule has 0 unspecified atom stereocenters. The maximum atomic E-state index is 13.0. The van der Waals surface area contributed by atoms with Crippen LogP contribution in [0.5, 0.6) is 11.5 Å². The number of anilines is 1. The lowest BCUT2D eigenvalue weighted by atomic mass is 9.78. The molecule has 3 heterocycles. The molecule has 0 bridgehead atoms. The Morgan fingerprint density at radius 1 is 1.19 bits per heavy atom. The molecule has 8 nitrogen and oxygen atoms in total. The monoisotopic (exact) mass is 367 g/mol. The van der Waals surface area contributed by atoms with Gasteiger partial charge in [-0.25, -0.2) is 0 Å². The van der Waals surface area contributed by atoms with E-state index in [2.05, 4.69) is 10.6 Å². The maximum absolute atomic E-state index is 13.0. The van der Waals surface area contributed by atoms with Gasteiger partial charge in [0.05, 0.1) is 5.92 Å². The van der Waals surface area contributed by atoms with Gasteiger partial charge >= 0.3 is 0 Å². The highest BCUT2D eigenvalue weighted by Gasteiger charge is 2.67. The molecule has 1 fully saturated rings. The third-order valence-corrected chi connectivity index (χ3v) is 5.74. The van der Waals surface area contributed by atoms with Crippen molar-refractivity contribution in [3.05, 3.63) is 63.7 Å². The van der Waals surface area contributed by atoms with Crippen molar-refractivity contribution >= 4 is 11.6 Å². The number of hydrogen-bond acceptors (Lipinski definition) is 6. The van der Waals surface area contributed by atoms with Gasteiger partial charge in [0.15, 0.2) is 17.0 Å². The zero-order valence-electron chi connectivity index (χ0n) is 14.5. The Morgan fingerprint density at radius 2 is 1.96 bits per heavy atom. The molecule has 8 heteroatoms. The lowest BCUT2D eigenvalue weighted by Crippen LogP contribution is -2.54. The van der Waals surface area contributed by atoms with Crippen molar-refractivity contribution in [1.82, 2.24) is 5.32 Å². The second-order valence-corrected chi connectivity index (χ2v) is 7.11. The van der Waals surface area contributed by atoms with E-state index in [4.69, 9.17) is 9.47 Å². The van der Waals surface area contributed by atoms with Crippen molar-refractivity contribution in [2.75, 3.05) is 12.1 Å². The van der Waals surface area contributed by atoms with Crippen molar-refractivity contribution in [2.24, 2.45) is 0 Å². The summed E-state index contributed by atoms with van der Waals surface area (Å²) in [4.78, 5) is 24.8. The van der Waals surface area contributed by atoms with Crippen molar-refractivity contribution in [3.63, 3.8) is 0 Å². The Kier molecular flexibility index (Phi) is 3.23. The fourth-order valence-corrected chi connectivity index (χ4v) is 4.67. The van der Waals surface area contributed by atoms with E-state index >= 15 is 0 Å². The molecule has 0 radical (unpaired) electrons. The second-order valence-electron chi connectivity index (χ2n) is 7.11. The maximum Gasteiger partial charge on any atom is 0.256 e. The van der Waals surface area contributed by atoms with Crippen LogP contribution in [0.1, 0.15) is 24.0 Å². The predicted molar refractivity (Wildman–Crippen MR) is 95.4 cm³/mol. The van der Waals surface area contributed by atoms with Gasteiger partial charge in [0.2, 0.25) is 6.79 Å². The number of hydrogen-bond donors (Lipinski definition) is 2. The van der Waals surface area contributed by atoms with Crippen molar-refractivity contribution < 1.29 is 19.2 Å². The van der Waals surface area contributed by atoms with E-state index in [1.165, 1.54) is 0 Å². The lowest BCUT2D eigenvalue weighted by molar-refractivity contribution is -0.532. The summed E-state index contributed by atoms with van der Waals surface area (Å²) >= 11 is 0. The Labute approximate surface area is 154 Å². The standard InChI is InChI=1S/C19H17N3O5/c1-10-16(11-6-7-14-15(8-11)27-9-26-14)17(22(24)25)19(21-10)12-4-2-3-5-13(12)20-18(19)23/h2-8,10,16-17,21H,9H2,1H3,(H,20,23)/t10-,16-,17-,19-/m0/s1. The topological polar surface area (TPSA) is 103 Å². The number of carbonyl (C=O) groups excluding carboxylic acids is 1. The van der Waals surface area contributed by atoms with E-state index in [1.807, 2.05) is 13.0 Å². The third-order valence-electron chi connectivity index (χ3n) is 5.74. The van der Waals surface area contributed by atoms with Crippen LogP contribution in [0.2, 0.25) is 0 Å². The van der Waals surface area contributed by atoms with Crippen LogP contribution in [0.3, 0.4) is 0 Å². The number of nitrogens with one attached hydrogen (secondary N) is 2. The van der Waals surface area contributed by atoms with E-state index in [-0.39, 0.29) is 23.7 Å². The zero-order valence-corrected chi connectivity index (χ0v) is 14.5. The van der Waals surface area contributed by atoms with Crippen LogP contribution in [0.25, 0.3) is 0 Å². The fraction of sp³-hybridized carbons (Fsp3) is 0.316. The minimum Gasteiger partial charge on any atom is -0.454 e. The van der Waals surface area contributed by atoms with Crippen molar-refractivity contribution in [2.45, 2.75) is 30.5 Å². The van der Waals surface area contributed by atoms with E-state index in [9.17, 15) is 14.9 Å². The van der Waals surface area contributed by atoms with Crippen LogP contribution in [0.15, 0.2) is 42.5 Å². The molecule has 27 heavy (non-hydrogen) atoms. The van der Waals surface area contributed by atoms with Crippen molar-refractivity contribution in [1.29, 1.82) is 0 Å². The minimum atomic E-state index is -1.40. The van der Waals surface area contributed by atoms with Gasteiger partial charge in [0, 0.05) is 22.2 Å². The van der Waals surface area contributed by atoms with Gasteiger partial charge in [0.25, 0.3) is 11.9 Å². The van der Waals surface area contributed by atoms with Gasteiger partial charge in [-0.3, -0.25) is 20.2 Å². The molecule has 138 valence electrons. The molecule has 0 saturated carbocycles. The number of benzene rings is 2. The van der Waals surface area contributed by atoms with Crippen LogP contribution in [0, 0.1) is 10.1 Å². The molecule has 1 spiro atoms. The number of nitrogens with zero attached hydrogens (tertiary/aromatic N) is 1. The molecule has 1 amide bonds. The van der Waals surface area contributed by atoms with Crippen LogP contribution >= 0.6 is 0 Å². The molecule has 5 rings (SSSR count). The summed E-state index contributed by atoms with van der Waals surface area (Å²) in [6.45, 7) is 2.00. The molecular weight excluding hydrogens is 350 g/mol. The Morgan fingerprint density at radius 3 is 2.78 bits per heavy atom. The van der Waals surface area contributed by atoms with Crippen molar-refractivity contribution in [3.8, 4) is 11.5 Å². The molecule has 3 aliphatic rings. The third kappa shape index (κ3) is 2.04. The highest BCUT2D eigenvalue weighted by molar-refractivity contribution is 6.07. The number of ether oxygens (including phenoxy) is 2. The first kappa shape index (κ1) is 16.1. The number of fused-ring (bicyclic) bond motifs is 3. The second kappa shape index (κ2) is 5.43. The predicted octanol–water partition coefficient (Wildman–Crippen LogP) is 1.98. The normalized spacial score (nSPS) is 30.4. The molecule has 0 aromatic heterocycles. The molecule has 1 saturated heterocycles. The molecule has 2 aromatic carbocycles. The highest BCUT2D eigenvalue weighted by Crippen LogP contribution is 2.50. The van der Waals surface area contributed by atoms with Gasteiger partial charge in [0.1, 0.15) is 0 Å². The summed E-state index contributed by atoms with van der Waals surface area (Å²) in [7, 11) is 0. The van der Waals surface area contributed by atoms with E-state index < -0.39 is 17.5 Å². The van der Waals surface area contributed by atoms with Gasteiger partial charge < -0.3 is 14.8 Å². The summed E-state index contributed by atoms with van der Waals surface area (Å²) < 4.78 is 10.8. The molecule has 2 aromatic rings. The Balaban J connectivity index is 1.66. The largest absolute Gasteiger partial charge is 0.454 e. The first-order valence-corrected chi connectivity index (χ1v) is 8.74. The molecule has 2 N–H and O–H groups in total. The first-order chi connectivity index (χ1) is 13.0. The zero-order chi connectivity index (χ0) is 18.8. The number of carbonyl (C=O) groups is 1. The highest BCUT2D eigenvalue weighted by atomic mass is 16.7. The summed E-state index contributed by atoms with van der Waals surface area (Å²) in [5, 5.41) is 18.3. The lowest BCUT2D eigenvalue weighted by Gasteiger charge is -2.25. The first-order valence-electron chi connectivity index (χ1n) is 8.74. The summed E-state index contributed by atoms with van der Waals surface area (Å²) in [5.41, 5.74) is 0.572. The van der Waals surface area contributed by atoms with Crippen LogP contribution in [-0.4, -0.2) is 29.7 Å². The van der Waals surface area contributed by atoms with Gasteiger partial charge in [-0.05, 0) is 30.7 Å². The van der Waals surface area contributed by atoms with Gasteiger partial charge in [-0.15, -0.1) is 0 Å². The average Bonchev–Trinajstić information content (AvgIpc) is 3.30. The quantitative estimate of drug-likeness (QED) is 0.622. The summed E-state index contributed by atoms with van der Waals surface area (Å²) in [6.07, 6.45) is 0. The fourth-order valence-electron chi connectivity index (χ4n) is 4.67. The number of rotatable bonds is 2. The van der Waals surface area contributed by atoms with E-state index in [1.54, 1.807) is 36.4 Å². The molecule has 4 atom stereocenters. The summed E-state index contributed by atoms with van der Waals surface area (Å²) in [5.74, 6) is 0.291.